The molecule has 7 nitrogen and oxygen atoms in total. The lowest BCUT2D eigenvalue weighted by Gasteiger charge is -2.08. The number of amides is 1. The molecule has 2 heterocycles. The van der Waals surface area contributed by atoms with Crippen LogP contribution in [-0.4, -0.2) is 27.6 Å². The van der Waals surface area contributed by atoms with Crippen LogP contribution in [0, 0.1) is 0 Å². The maximum absolute atomic E-state index is 11.8. The van der Waals surface area contributed by atoms with E-state index in [1.54, 1.807) is 25.6 Å². The van der Waals surface area contributed by atoms with Gasteiger partial charge >= 0.3 is 0 Å². The van der Waals surface area contributed by atoms with E-state index in [1.807, 2.05) is 53.1 Å². The van der Waals surface area contributed by atoms with E-state index in [2.05, 4.69) is 15.3 Å². The Morgan fingerprint density at radius 2 is 1.89 bits per heavy atom. The van der Waals surface area contributed by atoms with Crippen LogP contribution >= 0.6 is 0 Å². The number of fused-ring (bicyclic) bond motifs is 1. The first-order valence-corrected chi connectivity index (χ1v) is 8.30. The number of nitrogens with two attached hydrogens (primary N) is 1. The molecule has 0 saturated carbocycles. The fourth-order valence-corrected chi connectivity index (χ4v) is 2.91. The van der Waals surface area contributed by atoms with E-state index < -0.39 is 5.91 Å². The molecule has 0 aliphatic rings. The summed E-state index contributed by atoms with van der Waals surface area (Å²) in [6.45, 7) is 0. The lowest BCUT2D eigenvalue weighted by molar-refractivity contribution is 0.100. The second-order valence-corrected chi connectivity index (χ2v) is 5.89. The molecule has 0 fully saturated rings. The van der Waals surface area contributed by atoms with E-state index in [0.29, 0.717) is 17.3 Å². The number of benzene rings is 2. The van der Waals surface area contributed by atoms with E-state index >= 15 is 0 Å². The zero-order valence-electron chi connectivity index (χ0n) is 14.6. The summed E-state index contributed by atoms with van der Waals surface area (Å²) in [5, 5.41) is 3.95. The van der Waals surface area contributed by atoms with Crippen LogP contribution < -0.4 is 15.8 Å². The van der Waals surface area contributed by atoms with Crippen molar-refractivity contribution in [2.45, 2.75) is 0 Å². The highest BCUT2D eigenvalue weighted by molar-refractivity contribution is 6.06. The standard InChI is InChI=1S/C20H17N5O2/c1-27-14-8-6-13(7-9-14)23-20-22-11-10-18(24-20)25-12-16(19(21)26)15-4-2-3-5-17(15)25/h2-12H,1H3,(H2,21,26)(H,22,23,24). The molecule has 3 N–H and O–H groups in total. The first-order chi connectivity index (χ1) is 13.2. The Labute approximate surface area is 155 Å². The number of ether oxygens (including phenoxy) is 1. The van der Waals surface area contributed by atoms with Crippen LogP contribution in [0.4, 0.5) is 11.6 Å². The molecule has 0 aliphatic heterocycles. The molecule has 0 spiro atoms. The molecule has 0 aliphatic carbocycles. The smallest absolute Gasteiger partial charge is 0.250 e. The summed E-state index contributed by atoms with van der Waals surface area (Å²) < 4.78 is 6.99. The van der Waals surface area contributed by atoms with Crippen LogP contribution in [0.25, 0.3) is 16.7 Å². The fraction of sp³-hybridized carbons (Fsp3) is 0.0500. The van der Waals surface area contributed by atoms with E-state index in [9.17, 15) is 4.79 Å². The average molecular weight is 359 g/mol. The Bertz CT molecular complexity index is 1120. The number of carbonyl (C=O) groups is 1. The Hall–Kier alpha value is -3.87. The van der Waals surface area contributed by atoms with Crippen molar-refractivity contribution in [1.29, 1.82) is 0 Å². The molecule has 4 aromatic rings. The highest BCUT2D eigenvalue weighted by Gasteiger charge is 2.14. The zero-order valence-corrected chi connectivity index (χ0v) is 14.6. The Balaban J connectivity index is 1.72. The summed E-state index contributed by atoms with van der Waals surface area (Å²) in [6.07, 6.45) is 3.36. The number of hydrogen-bond donors (Lipinski definition) is 2. The van der Waals surface area contributed by atoms with Gasteiger partial charge in [-0.05, 0) is 36.4 Å². The fourth-order valence-electron chi connectivity index (χ4n) is 2.91. The van der Waals surface area contributed by atoms with Crippen LogP contribution in [0.5, 0.6) is 5.75 Å². The molecule has 134 valence electrons. The predicted molar refractivity (Wildman–Crippen MR) is 104 cm³/mol. The lowest BCUT2D eigenvalue weighted by Crippen LogP contribution is -2.10. The number of primary amides is 1. The minimum atomic E-state index is -0.476. The molecular weight excluding hydrogens is 342 g/mol. The van der Waals surface area contributed by atoms with Gasteiger partial charge in [-0.3, -0.25) is 4.79 Å². The first kappa shape index (κ1) is 16.6. The second kappa shape index (κ2) is 6.80. The number of rotatable bonds is 5. The summed E-state index contributed by atoms with van der Waals surface area (Å²) in [4.78, 5) is 20.6. The SMILES string of the molecule is COc1ccc(Nc2nccc(-n3cc(C(N)=O)c4ccccc43)n2)cc1. The summed E-state index contributed by atoms with van der Waals surface area (Å²) in [5.74, 6) is 1.37. The van der Waals surface area contributed by atoms with Gasteiger partial charge in [0.05, 0.1) is 18.2 Å². The van der Waals surface area contributed by atoms with Crippen molar-refractivity contribution in [3.05, 3.63) is 72.6 Å². The number of methoxy groups -OCH3 is 1. The maximum atomic E-state index is 11.8. The molecule has 1 amide bonds. The number of hydrogen-bond acceptors (Lipinski definition) is 5. The van der Waals surface area contributed by atoms with Crippen LogP contribution in [-0.2, 0) is 0 Å². The number of aromatic nitrogens is 3. The summed E-state index contributed by atoms with van der Waals surface area (Å²) >= 11 is 0. The Morgan fingerprint density at radius 1 is 1.11 bits per heavy atom. The third kappa shape index (κ3) is 3.18. The molecule has 0 unspecified atom stereocenters. The number of nitrogens with zero attached hydrogens (tertiary/aromatic N) is 3. The highest BCUT2D eigenvalue weighted by Crippen LogP contribution is 2.24. The number of nitrogens with one attached hydrogen (secondary N) is 1. The van der Waals surface area contributed by atoms with Gasteiger partial charge in [-0.25, -0.2) is 4.98 Å². The molecular formula is C20H17N5O2. The van der Waals surface area contributed by atoms with Crippen LogP contribution in [0.2, 0.25) is 0 Å². The van der Waals surface area contributed by atoms with Crippen LogP contribution in [0.3, 0.4) is 0 Å². The molecule has 0 radical (unpaired) electrons. The minimum absolute atomic E-state index is 0.441. The largest absolute Gasteiger partial charge is 0.497 e. The highest BCUT2D eigenvalue weighted by atomic mass is 16.5. The quantitative estimate of drug-likeness (QED) is 0.570. The third-order valence-electron chi connectivity index (χ3n) is 4.21. The van der Waals surface area contributed by atoms with Crippen molar-refractivity contribution in [2.75, 3.05) is 12.4 Å². The van der Waals surface area contributed by atoms with Gasteiger partial charge in [0, 0.05) is 23.5 Å². The van der Waals surface area contributed by atoms with Gasteiger partial charge in [-0.1, -0.05) is 18.2 Å². The molecule has 0 bridgehead atoms. The first-order valence-electron chi connectivity index (χ1n) is 8.30. The summed E-state index contributed by atoms with van der Waals surface area (Å²) in [6, 6.07) is 16.8. The van der Waals surface area contributed by atoms with Crippen molar-refractivity contribution < 1.29 is 9.53 Å². The van der Waals surface area contributed by atoms with Crippen molar-refractivity contribution in [1.82, 2.24) is 14.5 Å². The van der Waals surface area contributed by atoms with Gasteiger partial charge in [-0.15, -0.1) is 0 Å². The minimum Gasteiger partial charge on any atom is -0.497 e. The maximum Gasteiger partial charge on any atom is 0.250 e. The van der Waals surface area contributed by atoms with Gasteiger partial charge in [0.2, 0.25) is 5.95 Å². The van der Waals surface area contributed by atoms with Crippen molar-refractivity contribution in [2.24, 2.45) is 5.73 Å². The number of anilines is 2. The molecule has 0 atom stereocenters. The van der Waals surface area contributed by atoms with Crippen LogP contribution in [0.15, 0.2) is 67.0 Å². The monoisotopic (exact) mass is 359 g/mol. The van der Waals surface area contributed by atoms with Gasteiger partial charge in [0.25, 0.3) is 5.91 Å². The summed E-state index contributed by atoms with van der Waals surface area (Å²) in [5.41, 5.74) is 7.66. The second-order valence-electron chi connectivity index (χ2n) is 5.89. The van der Waals surface area contributed by atoms with E-state index in [0.717, 1.165) is 22.3 Å². The topological polar surface area (TPSA) is 95.1 Å². The van der Waals surface area contributed by atoms with Crippen molar-refractivity contribution in [3.8, 4) is 11.6 Å². The van der Waals surface area contributed by atoms with E-state index in [4.69, 9.17) is 10.5 Å². The van der Waals surface area contributed by atoms with Gasteiger partial charge in [-0.2, -0.15) is 4.98 Å². The molecule has 7 heteroatoms. The Kier molecular flexibility index (Phi) is 4.18. The van der Waals surface area contributed by atoms with E-state index in [-0.39, 0.29) is 0 Å². The zero-order chi connectivity index (χ0) is 18.8. The number of para-hydroxylation sites is 1. The number of carbonyl (C=O) groups excluding carboxylic acids is 1. The van der Waals surface area contributed by atoms with Crippen molar-refractivity contribution >= 4 is 28.4 Å². The third-order valence-corrected chi connectivity index (χ3v) is 4.21. The normalized spacial score (nSPS) is 10.7. The van der Waals surface area contributed by atoms with E-state index in [1.165, 1.54) is 0 Å². The lowest BCUT2D eigenvalue weighted by atomic mass is 10.2. The molecule has 4 rings (SSSR count). The molecule has 2 aromatic heterocycles. The molecule has 2 aromatic carbocycles. The molecule has 0 saturated heterocycles. The average Bonchev–Trinajstić information content (AvgIpc) is 3.09. The van der Waals surface area contributed by atoms with Gasteiger partial charge < -0.3 is 20.4 Å². The predicted octanol–water partition coefficient (Wildman–Crippen LogP) is 3.27. The molecule has 27 heavy (non-hydrogen) atoms. The van der Waals surface area contributed by atoms with Gasteiger partial charge in [0.15, 0.2) is 0 Å². The van der Waals surface area contributed by atoms with Gasteiger partial charge in [0.1, 0.15) is 11.6 Å². The van der Waals surface area contributed by atoms with Crippen molar-refractivity contribution in [3.63, 3.8) is 0 Å². The Morgan fingerprint density at radius 3 is 2.63 bits per heavy atom. The van der Waals surface area contributed by atoms with Crippen LogP contribution in [0.1, 0.15) is 10.4 Å². The summed E-state index contributed by atoms with van der Waals surface area (Å²) in [7, 11) is 1.62.